The molecule has 2 N–H and O–H groups in total. The maximum Gasteiger partial charge on any atom is 0.359 e. The number of hydrogen-bond donors (Lipinski definition) is 2. The van der Waals surface area contributed by atoms with Crippen LogP contribution in [0.2, 0.25) is 0 Å². The van der Waals surface area contributed by atoms with Gasteiger partial charge in [0, 0.05) is 12.1 Å². The number of aldehydes is 1. The van der Waals surface area contributed by atoms with Gasteiger partial charge in [0.15, 0.2) is 23.7 Å². The number of carboxylic acid groups (broad SMARTS) is 1. The molecule has 0 aliphatic heterocycles. The standard InChI is InChI=1S/C9H5F3N2O3/c10-5-1-4(2-6(11)8(5)12)13-14-7(3-15)9(16)17/h1-3,13H,(H,16,17)/b14-7+. The second-order valence-electron chi connectivity index (χ2n) is 2.79. The Morgan fingerprint density at radius 2 is 1.82 bits per heavy atom. The van der Waals surface area contributed by atoms with Crippen molar-refractivity contribution in [2.45, 2.75) is 0 Å². The Morgan fingerprint density at radius 3 is 2.24 bits per heavy atom. The van der Waals surface area contributed by atoms with Crippen molar-refractivity contribution >= 4 is 23.7 Å². The first-order chi connectivity index (χ1) is 7.95. The highest BCUT2D eigenvalue weighted by Crippen LogP contribution is 2.17. The van der Waals surface area contributed by atoms with Crippen molar-refractivity contribution in [3.8, 4) is 0 Å². The maximum atomic E-state index is 12.7. The van der Waals surface area contributed by atoms with Gasteiger partial charge in [0.2, 0.25) is 5.71 Å². The summed E-state index contributed by atoms with van der Waals surface area (Å²) in [7, 11) is 0. The van der Waals surface area contributed by atoms with Gasteiger partial charge in [-0.15, -0.1) is 0 Å². The quantitative estimate of drug-likeness (QED) is 0.274. The highest BCUT2D eigenvalue weighted by atomic mass is 19.2. The van der Waals surface area contributed by atoms with E-state index in [0.717, 1.165) is 0 Å². The van der Waals surface area contributed by atoms with E-state index in [1.165, 1.54) is 0 Å². The number of benzene rings is 1. The van der Waals surface area contributed by atoms with Gasteiger partial charge in [0.05, 0.1) is 5.69 Å². The third kappa shape index (κ3) is 3.03. The van der Waals surface area contributed by atoms with Crippen LogP contribution in [0.15, 0.2) is 17.2 Å². The smallest absolute Gasteiger partial charge is 0.359 e. The minimum absolute atomic E-state index is 0.0639. The fourth-order valence-corrected chi connectivity index (χ4v) is 0.869. The number of nitrogens with zero attached hydrogens (tertiary/aromatic N) is 1. The van der Waals surface area contributed by atoms with Crippen molar-refractivity contribution in [1.82, 2.24) is 0 Å². The lowest BCUT2D eigenvalue weighted by Gasteiger charge is -2.02. The van der Waals surface area contributed by atoms with E-state index >= 15 is 0 Å². The first-order valence-electron chi connectivity index (χ1n) is 4.12. The molecule has 17 heavy (non-hydrogen) atoms. The van der Waals surface area contributed by atoms with Gasteiger partial charge in [-0.3, -0.25) is 10.2 Å². The molecule has 5 nitrogen and oxygen atoms in total. The van der Waals surface area contributed by atoms with Crippen LogP contribution in [-0.4, -0.2) is 23.1 Å². The van der Waals surface area contributed by atoms with E-state index in [0.29, 0.717) is 12.1 Å². The lowest BCUT2D eigenvalue weighted by molar-refractivity contribution is -0.129. The number of hydrazone groups is 1. The molecule has 1 aromatic carbocycles. The molecule has 1 rings (SSSR count). The molecule has 0 bridgehead atoms. The van der Waals surface area contributed by atoms with Crippen LogP contribution in [-0.2, 0) is 9.59 Å². The third-order valence-electron chi connectivity index (χ3n) is 1.62. The Hall–Kier alpha value is -2.38. The van der Waals surface area contributed by atoms with E-state index in [9.17, 15) is 22.8 Å². The van der Waals surface area contributed by atoms with E-state index in [4.69, 9.17) is 5.11 Å². The molecule has 0 radical (unpaired) electrons. The number of halogens is 3. The lowest BCUT2D eigenvalue weighted by atomic mass is 10.3. The van der Waals surface area contributed by atoms with Crippen molar-refractivity contribution in [2.24, 2.45) is 5.10 Å². The molecular weight excluding hydrogens is 241 g/mol. The predicted octanol–water partition coefficient (Wildman–Crippen LogP) is 1.16. The normalized spacial score (nSPS) is 11.1. The Morgan fingerprint density at radius 1 is 1.29 bits per heavy atom. The van der Waals surface area contributed by atoms with E-state index < -0.39 is 29.1 Å². The number of carboxylic acids is 1. The molecule has 0 saturated carbocycles. The number of hydrogen-bond acceptors (Lipinski definition) is 4. The van der Waals surface area contributed by atoms with Crippen molar-refractivity contribution in [1.29, 1.82) is 0 Å². The molecule has 1 aromatic rings. The van der Waals surface area contributed by atoms with E-state index in [1.807, 2.05) is 5.43 Å². The van der Waals surface area contributed by atoms with Crippen LogP contribution in [0.1, 0.15) is 0 Å². The van der Waals surface area contributed by atoms with Crippen LogP contribution in [0.25, 0.3) is 0 Å². The average Bonchev–Trinajstić information content (AvgIpc) is 2.26. The topological polar surface area (TPSA) is 78.8 Å². The zero-order chi connectivity index (χ0) is 13.0. The first-order valence-corrected chi connectivity index (χ1v) is 4.12. The van der Waals surface area contributed by atoms with Gasteiger partial charge in [-0.25, -0.2) is 18.0 Å². The highest BCUT2D eigenvalue weighted by molar-refractivity contribution is 6.57. The number of carbonyl (C=O) groups is 2. The lowest BCUT2D eigenvalue weighted by Crippen LogP contribution is -2.16. The molecule has 0 saturated heterocycles. The molecular formula is C9H5F3N2O3. The number of rotatable bonds is 4. The summed E-state index contributed by atoms with van der Waals surface area (Å²) in [6.45, 7) is 0. The summed E-state index contributed by atoms with van der Waals surface area (Å²) >= 11 is 0. The molecule has 90 valence electrons. The van der Waals surface area contributed by atoms with Crippen LogP contribution in [0.4, 0.5) is 18.9 Å². The first kappa shape index (κ1) is 12.7. The van der Waals surface area contributed by atoms with Gasteiger partial charge in [-0.05, 0) is 0 Å². The van der Waals surface area contributed by atoms with Crippen molar-refractivity contribution in [3.63, 3.8) is 0 Å². The number of nitrogens with one attached hydrogen (secondary N) is 1. The van der Waals surface area contributed by atoms with E-state index in [-0.39, 0.29) is 12.0 Å². The molecule has 0 aliphatic carbocycles. The number of carbonyl (C=O) groups excluding carboxylic acids is 1. The van der Waals surface area contributed by atoms with Crippen LogP contribution in [0.5, 0.6) is 0 Å². The summed E-state index contributed by atoms with van der Waals surface area (Å²) < 4.78 is 38.0. The Labute approximate surface area is 92.6 Å². The molecule has 0 spiro atoms. The van der Waals surface area contributed by atoms with Gasteiger partial charge in [0.1, 0.15) is 0 Å². The minimum atomic E-state index is -1.66. The van der Waals surface area contributed by atoms with E-state index in [2.05, 4.69) is 5.10 Å². The third-order valence-corrected chi connectivity index (χ3v) is 1.62. The monoisotopic (exact) mass is 246 g/mol. The van der Waals surface area contributed by atoms with Gasteiger partial charge in [-0.2, -0.15) is 5.10 Å². The summed E-state index contributed by atoms with van der Waals surface area (Å²) in [6, 6.07) is 1.12. The van der Waals surface area contributed by atoms with Crippen molar-refractivity contribution in [3.05, 3.63) is 29.6 Å². The Balaban J connectivity index is 2.97. The molecule has 0 amide bonds. The average molecular weight is 246 g/mol. The molecule has 0 atom stereocenters. The predicted molar refractivity (Wildman–Crippen MR) is 51.1 cm³/mol. The van der Waals surface area contributed by atoms with E-state index in [1.54, 1.807) is 0 Å². The van der Waals surface area contributed by atoms with Gasteiger partial charge in [0.25, 0.3) is 0 Å². The zero-order valence-electron chi connectivity index (χ0n) is 8.08. The molecule has 0 aromatic heterocycles. The Bertz CT molecular complexity index is 479. The molecule has 0 unspecified atom stereocenters. The largest absolute Gasteiger partial charge is 0.476 e. The summed E-state index contributed by atoms with van der Waals surface area (Å²) in [5.74, 6) is -6.21. The molecule has 8 heteroatoms. The van der Waals surface area contributed by atoms with Gasteiger partial charge < -0.3 is 5.11 Å². The molecule has 0 fully saturated rings. The van der Waals surface area contributed by atoms with Crippen LogP contribution < -0.4 is 5.43 Å². The summed E-state index contributed by atoms with van der Waals surface area (Å²) in [5.41, 5.74) is 0.690. The summed E-state index contributed by atoms with van der Waals surface area (Å²) in [6.07, 6.45) is -0.0639. The SMILES string of the molecule is O=C/C(=N\Nc1cc(F)c(F)c(F)c1)C(=O)O. The maximum absolute atomic E-state index is 12.7. The van der Waals surface area contributed by atoms with Crippen molar-refractivity contribution < 1.29 is 27.9 Å². The number of anilines is 1. The second-order valence-corrected chi connectivity index (χ2v) is 2.79. The van der Waals surface area contributed by atoms with Gasteiger partial charge in [-0.1, -0.05) is 0 Å². The molecule has 0 heterocycles. The van der Waals surface area contributed by atoms with Crippen LogP contribution in [0.3, 0.4) is 0 Å². The van der Waals surface area contributed by atoms with Crippen LogP contribution in [0, 0.1) is 17.5 Å². The highest BCUT2D eigenvalue weighted by Gasteiger charge is 2.11. The summed E-state index contributed by atoms with van der Waals surface area (Å²) in [5, 5.41) is 11.5. The molecule has 0 aliphatic rings. The number of aliphatic carboxylic acids is 1. The second kappa shape index (κ2) is 5.10. The zero-order valence-corrected chi connectivity index (χ0v) is 8.08. The fraction of sp³-hybridized carbons (Fsp3) is 0. The van der Waals surface area contributed by atoms with Crippen molar-refractivity contribution in [2.75, 3.05) is 5.43 Å². The van der Waals surface area contributed by atoms with Crippen LogP contribution >= 0.6 is 0 Å². The summed E-state index contributed by atoms with van der Waals surface area (Å²) in [4.78, 5) is 20.5. The fourth-order valence-electron chi connectivity index (χ4n) is 0.869. The Kier molecular flexibility index (Phi) is 3.81. The van der Waals surface area contributed by atoms with Gasteiger partial charge >= 0.3 is 5.97 Å². The minimum Gasteiger partial charge on any atom is -0.476 e.